The first kappa shape index (κ1) is 14.9. The predicted molar refractivity (Wildman–Crippen MR) is 59.8 cm³/mol. The third-order valence-corrected chi connectivity index (χ3v) is 2.90. The van der Waals surface area contributed by atoms with Crippen LogP contribution < -0.4 is 4.74 Å². The van der Waals surface area contributed by atoms with Crippen LogP contribution in [0.15, 0.2) is 6.07 Å². The number of aliphatic carboxylic acids is 1. The zero-order valence-electron chi connectivity index (χ0n) is 8.59. The van der Waals surface area contributed by atoms with Gasteiger partial charge in [0, 0.05) is 5.56 Å². The fraction of sp³-hybridized carbons (Fsp3) is 0.333. The maximum atomic E-state index is 12.6. The minimum atomic E-state index is -4.97. The second-order valence-corrected chi connectivity index (χ2v) is 4.22. The van der Waals surface area contributed by atoms with E-state index in [0.717, 1.165) is 6.07 Å². The Morgan fingerprint density at radius 2 is 2.11 bits per heavy atom. The largest absolute Gasteiger partial charge is 0.574 e. The van der Waals surface area contributed by atoms with Crippen LogP contribution >= 0.6 is 22.6 Å². The van der Waals surface area contributed by atoms with Gasteiger partial charge in [-0.05, 0) is 28.7 Å². The molecule has 0 unspecified atom stereocenters. The van der Waals surface area contributed by atoms with Crippen LogP contribution in [0, 0.1) is 3.57 Å². The van der Waals surface area contributed by atoms with Crippen molar-refractivity contribution in [1.29, 1.82) is 0 Å². The van der Waals surface area contributed by atoms with E-state index in [-0.39, 0.29) is 14.8 Å². The Morgan fingerprint density at radius 3 is 2.56 bits per heavy atom. The van der Waals surface area contributed by atoms with Crippen molar-refractivity contribution < 1.29 is 32.2 Å². The molecule has 1 heterocycles. The molecule has 0 spiro atoms. The van der Waals surface area contributed by atoms with E-state index >= 15 is 0 Å². The molecule has 0 aromatic carbocycles. The third kappa shape index (κ3) is 4.27. The lowest BCUT2D eigenvalue weighted by molar-refractivity contribution is -0.276. The van der Waals surface area contributed by atoms with Gasteiger partial charge in [-0.15, -0.1) is 13.2 Å². The molecule has 0 aliphatic carbocycles. The maximum Gasteiger partial charge on any atom is 0.574 e. The van der Waals surface area contributed by atoms with E-state index in [9.17, 15) is 22.4 Å². The Hall–Kier alpha value is -1.13. The van der Waals surface area contributed by atoms with Gasteiger partial charge in [0.05, 0.1) is 15.7 Å². The van der Waals surface area contributed by atoms with Crippen molar-refractivity contribution in [1.82, 2.24) is 4.98 Å². The van der Waals surface area contributed by atoms with Gasteiger partial charge in [-0.25, -0.2) is 9.37 Å². The number of nitrogens with zero attached hydrogens (tertiary/aromatic N) is 1. The summed E-state index contributed by atoms with van der Waals surface area (Å²) in [5.41, 5.74) is -0.295. The van der Waals surface area contributed by atoms with Gasteiger partial charge in [0.25, 0.3) is 0 Å². The number of halogens is 5. The van der Waals surface area contributed by atoms with E-state index in [1.54, 1.807) is 0 Å². The highest BCUT2D eigenvalue weighted by atomic mass is 127. The summed E-state index contributed by atoms with van der Waals surface area (Å²) in [4.78, 5) is 13.9. The molecule has 0 aliphatic rings. The monoisotopic (exact) mass is 379 g/mol. The number of carboxylic acid groups (broad SMARTS) is 1. The molecule has 0 bridgehead atoms. The Bertz CT molecular complexity index is 464. The van der Waals surface area contributed by atoms with E-state index < -0.39 is 31.3 Å². The van der Waals surface area contributed by atoms with E-state index in [2.05, 4.69) is 9.72 Å². The summed E-state index contributed by atoms with van der Waals surface area (Å²) in [6.45, 7) is -1.04. The minimum Gasteiger partial charge on any atom is -0.481 e. The van der Waals surface area contributed by atoms with Crippen molar-refractivity contribution >= 4 is 28.6 Å². The van der Waals surface area contributed by atoms with Crippen molar-refractivity contribution in [2.24, 2.45) is 0 Å². The molecule has 0 atom stereocenters. The second kappa shape index (κ2) is 5.67. The van der Waals surface area contributed by atoms with Crippen LogP contribution in [-0.4, -0.2) is 22.4 Å². The number of carboxylic acids is 1. The first-order chi connectivity index (χ1) is 8.23. The Balaban J connectivity index is 3.18. The van der Waals surface area contributed by atoms with E-state index in [0.29, 0.717) is 0 Å². The van der Waals surface area contributed by atoms with Crippen LogP contribution in [-0.2, 0) is 17.9 Å². The predicted octanol–water partition coefficient (Wildman–Crippen LogP) is 2.68. The van der Waals surface area contributed by atoms with Crippen molar-refractivity contribution in [3.8, 4) is 5.88 Å². The summed E-state index contributed by atoms with van der Waals surface area (Å²) in [6.07, 6.45) is -5.58. The zero-order chi connectivity index (χ0) is 13.9. The smallest absolute Gasteiger partial charge is 0.481 e. The summed E-state index contributed by atoms with van der Waals surface area (Å²) < 4.78 is 52.3. The Labute approximate surface area is 112 Å². The molecule has 0 aliphatic heterocycles. The minimum absolute atomic E-state index is 0.0962. The molecule has 100 valence electrons. The number of hydrogen-bond acceptors (Lipinski definition) is 3. The average Bonchev–Trinajstić information content (AvgIpc) is 2.19. The number of aromatic nitrogens is 1. The van der Waals surface area contributed by atoms with Crippen LogP contribution in [0.2, 0.25) is 0 Å². The molecule has 18 heavy (non-hydrogen) atoms. The molecule has 1 aromatic rings. The number of ether oxygens (including phenoxy) is 1. The highest BCUT2D eigenvalue weighted by Gasteiger charge is 2.33. The summed E-state index contributed by atoms with van der Waals surface area (Å²) in [7, 11) is 0. The number of carbonyl (C=O) groups is 1. The highest BCUT2D eigenvalue weighted by molar-refractivity contribution is 14.1. The number of alkyl halides is 4. The Kier molecular flexibility index (Phi) is 4.71. The fourth-order valence-corrected chi connectivity index (χ4v) is 1.66. The number of rotatable bonds is 4. The normalized spacial score (nSPS) is 11.4. The van der Waals surface area contributed by atoms with Gasteiger partial charge in [0.2, 0.25) is 5.88 Å². The molecule has 1 N–H and O–H groups in total. The van der Waals surface area contributed by atoms with Gasteiger partial charge in [0.1, 0.15) is 6.67 Å². The number of hydrogen-bond donors (Lipinski definition) is 1. The van der Waals surface area contributed by atoms with Gasteiger partial charge in [0.15, 0.2) is 0 Å². The third-order valence-electron chi connectivity index (χ3n) is 1.74. The van der Waals surface area contributed by atoms with Crippen LogP contribution in [0.5, 0.6) is 5.88 Å². The molecule has 0 saturated heterocycles. The lowest BCUT2D eigenvalue weighted by atomic mass is 10.2. The van der Waals surface area contributed by atoms with Gasteiger partial charge in [-0.2, -0.15) is 0 Å². The molecular weight excluding hydrogens is 373 g/mol. The van der Waals surface area contributed by atoms with E-state index in [1.165, 1.54) is 22.6 Å². The van der Waals surface area contributed by atoms with Crippen molar-refractivity contribution in [2.45, 2.75) is 19.5 Å². The second-order valence-electron chi connectivity index (χ2n) is 3.14. The molecule has 1 aromatic heterocycles. The van der Waals surface area contributed by atoms with Gasteiger partial charge < -0.3 is 9.84 Å². The van der Waals surface area contributed by atoms with Gasteiger partial charge in [-0.1, -0.05) is 0 Å². The van der Waals surface area contributed by atoms with Crippen LogP contribution in [0.25, 0.3) is 0 Å². The molecule has 0 radical (unpaired) electrons. The molecule has 0 fully saturated rings. The summed E-state index contributed by atoms with van der Waals surface area (Å²) in [5, 5.41) is 8.52. The molecule has 0 amide bonds. The quantitative estimate of drug-likeness (QED) is 0.646. The summed E-state index contributed by atoms with van der Waals surface area (Å²) >= 11 is 1.46. The molecular formula is C9H6F4INO3. The SMILES string of the molecule is O=C(O)Cc1cc(CF)c(I)c(OC(F)(F)F)n1. The fourth-order valence-electron chi connectivity index (χ4n) is 1.13. The van der Waals surface area contributed by atoms with Crippen molar-refractivity contribution in [3.63, 3.8) is 0 Å². The Morgan fingerprint density at radius 1 is 1.50 bits per heavy atom. The summed E-state index contributed by atoms with van der Waals surface area (Å²) in [5.74, 6) is -2.12. The van der Waals surface area contributed by atoms with E-state index in [1.807, 2.05) is 0 Å². The van der Waals surface area contributed by atoms with Crippen molar-refractivity contribution in [3.05, 3.63) is 20.9 Å². The molecule has 1 rings (SSSR count). The van der Waals surface area contributed by atoms with Crippen LogP contribution in [0.3, 0.4) is 0 Å². The molecule has 9 heteroatoms. The lowest BCUT2D eigenvalue weighted by Crippen LogP contribution is -2.20. The van der Waals surface area contributed by atoms with E-state index in [4.69, 9.17) is 5.11 Å². The standard InChI is InChI=1S/C9H6F4INO3/c10-3-4-1-5(2-6(16)17)15-8(7(4)14)18-9(11,12)13/h1H,2-3H2,(H,16,17). The van der Waals surface area contributed by atoms with Gasteiger partial charge >= 0.3 is 12.3 Å². The highest BCUT2D eigenvalue weighted by Crippen LogP contribution is 2.29. The zero-order valence-corrected chi connectivity index (χ0v) is 10.7. The van der Waals surface area contributed by atoms with Crippen LogP contribution in [0.4, 0.5) is 17.6 Å². The van der Waals surface area contributed by atoms with Gasteiger partial charge in [-0.3, -0.25) is 4.79 Å². The first-order valence-electron chi connectivity index (χ1n) is 4.44. The summed E-state index contributed by atoms with van der Waals surface area (Å²) in [6, 6.07) is 1.10. The maximum absolute atomic E-state index is 12.6. The van der Waals surface area contributed by atoms with Crippen molar-refractivity contribution in [2.75, 3.05) is 0 Å². The molecule has 0 saturated carbocycles. The lowest BCUT2D eigenvalue weighted by Gasteiger charge is -2.12. The van der Waals surface area contributed by atoms with Crippen LogP contribution in [0.1, 0.15) is 11.3 Å². The number of pyridine rings is 1. The average molecular weight is 379 g/mol. The first-order valence-corrected chi connectivity index (χ1v) is 5.52. The molecule has 4 nitrogen and oxygen atoms in total. The topological polar surface area (TPSA) is 59.4 Å².